The Labute approximate surface area is 117 Å². The summed E-state index contributed by atoms with van der Waals surface area (Å²) in [6, 6.07) is 11.4. The predicted molar refractivity (Wildman–Crippen MR) is 77.8 cm³/mol. The maximum atomic E-state index is 9.13. The lowest BCUT2D eigenvalue weighted by Gasteiger charge is -2.19. The van der Waals surface area contributed by atoms with Gasteiger partial charge in [-0.3, -0.25) is 0 Å². The summed E-state index contributed by atoms with van der Waals surface area (Å²) in [7, 11) is 1.90. The van der Waals surface area contributed by atoms with E-state index >= 15 is 0 Å². The van der Waals surface area contributed by atoms with Crippen LogP contribution in [0.15, 0.2) is 30.3 Å². The number of aryl methyl sites for hydroxylation is 1. The summed E-state index contributed by atoms with van der Waals surface area (Å²) in [6.45, 7) is 2.38. The van der Waals surface area contributed by atoms with Crippen molar-refractivity contribution in [1.29, 1.82) is 5.26 Å². The molecule has 2 aromatic rings. The van der Waals surface area contributed by atoms with Gasteiger partial charge >= 0.3 is 0 Å². The molecule has 6 nitrogen and oxygen atoms in total. The molecule has 1 aromatic heterocycles. The highest BCUT2D eigenvalue weighted by Gasteiger charge is 2.09. The molecule has 0 aliphatic rings. The zero-order chi connectivity index (χ0) is 14.5. The second-order valence-corrected chi connectivity index (χ2v) is 4.44. The van der Waals surface area contributed by atoms with Gasteiger partial charge in [0.05, 0.1) is 17.8 Å². The van der Waals surface area contributed by atoms with E-state index in [0.29, 0.717) is 23.8 Å². The molecule has 0 aliphatic heterocycles. The number of nitriles is 1. The van der Waals surface area contributed by atoms with Crippen molar-refractivity contribution in [3.05, 3.63) is 47.4 Å². The quantitative estimate of drug-likeness (QED) is 0.646. The number of para-hydroxylation sites is 1. The lowest BCUT2D eigenvalue weighted by Crippen LogP contribution is -2.20. The summed E-state index contributed by atoms with van der Waals surface area (Å²) in [5.74, 6) is 6.60. The summed E-state index contributed by atoms with van der Waals surface area (Å²) >= 11 is 0. The average Bonchev–Trinajstić information content (AvgIpc) is 2.46. The fraction of sp³-hybridized carbons (Fsp3) is 0.214. The van der Waals surface area contributed by atoms with E-state index in [1.54, 1.807) is 12.1 Å². The van der Waals surface area contributed by atoms with Crippen molar-refractivity contribution in [2.45, 2.75) is 13.5 Å². The molecular weight excluding hydrogens is 252 g/mol. The molecule has 0 fully saturated rings. The number of nitrogen functional groups attached to an aromatic ring is 1. The van der Waals surface area contributed by atoms with Crippen molar-refractivity contribution < 1.29 is 0 Å². The van der Waals surface area contributed by atoms with E-state index < -0.39 is 0 Å². The van der Waals surface area contributed by atoms with Crippen LogP contribution in [0.2, 0.25) is 0 Å². The highest BCUT2D eigenvalue weighted by atomic mass is 15.3. The van der Waals surface area contributed by atoms with Gasteiger partial charge in [0.1, 0.15) is 17.7 Å². The first kappa shape index (κ1) is 13.8. The summed E-state index contributed by atoms with van der Waals surface area (Å²) in [4.78, 5) is 10.6. The standard InChI is InChI=1S/C14H16N6/c1-10-7-13(19-16)18-14(17-10)9-20(2)12-6-4-3-5-11(12)8-15/h3-7H,9,16H2,1-2H3,(H,17,18,19). The Morgan fingerprint density at radius 3 is 2.80 bits per heavy atom. The highest BCUT2D eigenvalue weighted by molar-refractivity contribution is 5.58. The second kappa shape index (κ2) is 5.99. The topological polar surface area (TPSA) is 90.9 Å². The summed E-state index contributed by atoms with van der Waals surface area (Å²) in [6.07, 6.45) is 0. The average molecular weight is 268 g/mol. The van der Waals surface area contributed by atoms with Crippen LogP contribution in [-0.2, 0) is 6.54 Å². The van der Waals surface area contributed by atoms with Crippen molar-refractivity contribution in [2.24, 2.45) is 5.84 Å². The fourth-order valence-electron chi connectivity index (χ4n) is 1.97. The number of aromatic nitrogens is 2. The van der Waals surface area contributed by atoms with Gasteiger partial charge in [0, 0.05) is 18.8 Å². The molecule has 0 atom stereocenters. The molecule has 6 heteroatoms. The van der Waals surface area contributed by atoms with Crippen molar-refractivity contribution in [1.82, 2.24) is 9.97 Å². The van der Waals surface area contributed by atoms with Gasteiger partial charge in [0.15, 0.2) is 0 Å². The first-order valence-electron chi connectivity index (χ1n) is 6.15. The van der Waals surface area contributed by atoms with Gasteiger partial charge in [0.25, 0.3) is 0 Å². The second-order valence-electron chi connectivity index (χ2n) is 4.44. The smallest absolute Gasteiger partial charge is 0.150 e. The number of nitrogens with two attached hydrogens (primary N) is 1. The highest BCUT2D eigenvalue weighted by Crippen LogP contribution is 2.19. The van der Waals surface area contributed by atoms with Crippen LogP contribution in [0.1, 0.15) is 17.1 Å². The summed E-state index contributed by atoms with van der Waals surface area (Å²) in [5.41, 5.74) is 4.83. The Balaban J connectivity index is 2.26. The molecule has 0 spiro atoms. The maximum Gasteiger partial charge on any atom is 0.150 e. The number of anilines is 2. The molecule has 0 aliphatic carbocycles. The van der Waals surface area contributed by atoms with Crippen molar-refractivity contribution in [3.63, 3.8) is 0 Å². The van der Waals surface area contributed by atoms with E-state index in [4.69, 9.17) is 11.1 Å². The molecule has 0 saturated carbocycles. The minimum absolute atomic E-state index is 0.495. The molecule has 2 rings (SSSR count). The zero-order valence-electron chi connectivity index (χ0n) is 11.5. The molecule has 0 unspecified atom stereocenters. The van der Waals surface area contributed by atoms with Crippen molar-refractivity contribution in [3.8, 4) is 6.07 Å². The maximum absolute atomic E-state index is 9.13. The number of nitrogens with zero attached hydrogens (tertiary/aromatic N) is 4. The third kappa shape index (κ3) is 3.02. The first-order valence-corrected chi connectivity index (χ1v) is 6.15. The van der Waals surface area contributed by atoms with Gasteiger partial charge in [-0.25, -0.2) is 15.8 Å². The van der Waals surface area contributed by atoms with Crippen LogP contribution in [0.5, 0.6) is 0 Å². The Bertz CT molecular complexity index is 646. The van der Waals surface area contributed by atoms with Crippen LogP contribution in [0.3, 0.4) is 0 Å². The molecule has 0 bridgehead atoms. The molecule has 102 valence electrons. The van der Waals surface area contributed by atoms with Crippen LogP contribution >= 0.6 is 0 Å². The van der Waals surface area contributed by atoms with Gasteiger partial charge in [-0.05, 0) is 19.1 Å². The van der Waals surface area contributed by atoms with Crippen LogP contribution in [0.4, 0.5) is 11.5 Å². The minimum Gasteiger partial charge on any atom is -0.366 e. The number of hydrogen-bond donors (Lipinski definition) is 2. The van der Waals surface area contributed by atoms with Gasteiger partial charge in [-0.1, -0.05) is 12.1 Å². The Morgan fingerprint density at radius 2 is 2.10 bits per heavy atom. The van der Waals surface area contributed by atoms with E-state index in [0.717, 1.165) is 11.4 Å². The SMILES string of the molecule is Cc1cc(NN)nc(CN(C)c2ccccc2C#N)n1. The lowest BCUT2D eigenvalue weighted by atomic mass is 10.2. The van der Waals surface area contributed by atoms with Crippen LogP contribution in [-0.4, -0.2) is 17.0 Å². The first-order chi connectivity index (χ1) is 9.63. The van der Waals surface area contributed by atoms with E-state index in [9.17, 15) is 0 Å². The molecule has 0 saturated heterocycles. The summed E-state index contributed by atoms with van der Waals surface area (Å²) < 4.78 is 0. The van der Waals surface area contributed by atoms with Crippen LogP contribution in [0.25, 0.3) is 0 Å². The Hall–Kier alpha value is -2.65. The predicted octanol–water partition coefficient (Wildman–Crippen LogP) is 1.58. The van der Waals surface area contributed by atoms with Crippen LogP contribution < -0.4 is 16.2 Å². The van der Waals surface area contributed by atoms with E-state index in [2.05, 4.69) is 21.5 Å². The number of nitrogens with one attached hydrogen (secondary N) is 1. The minimum atomic E-state index is 0.495. The van der Waals surface area contributed by atoms with Crippen molar-refractivity contribution >= 4 is 11.5 Å². The van der Waals surface area contributed by atoms with E-state index in [1.807, 2.05) is 37.1 Å². The van der Waals surface area contributed by atoms with Gasteiger partial charge in [-0.2, -0.15) is 5.26 Å². The largest absolute Gasteiger partial charge is 0.366 e. The van der Waals surface area contributed by atoms with Gasteiger partial charge in [-0.15, -0.1) is 0 Å². The monoisotopic (exact) mass is 268 g/mol. The molecule has 1 heterocycles. The summed E-state index contributed by atoms with van der Waals surface area (Å²) in [5, 5.41) is 9.13. The number of benzene rings is 1. The number of rotatable bonds is 4. The van der Waals surface area contributed by atoms with Crippen molar-refractivity contribution in [2.75, 3.05) is 17.4 Å². The zero-order valence-corrected chi connectivity index (χ0v) is 11.5. The molecule has 0 radical (unpaired) electrons. The fourth-order valence-corrected chi connectivity index (χ4v) is 1.97. The van der Waals surface area contributed by atoms with Crippen LogP contribution in [0, 0.1) is 18.3 Å². The molecule has 3 N–H and O–H groups in total. The number of hydrogen-bond acceptors (Lipinski definition) is 6. The lowest BCUT2D eigenvalue weighted by molar-refractivity contribution is 0.828. The Kier molecular flexibility index (Phi) is 4.13. The molecule has 1 aromatic carbocycles. The number of hydrazine groups is 1. The molecule has 20 heavy (non-hydrogen) atoms. The third-order valence-electron chi connectivity index (χ3n) is 2.86. The molecular formula is C14H16N6. The van der Waals surface area contributed by atoms with E-state index in [1.165, 1.54) is 0 Å². The van der Waals surface area contributed by atoms with Gasteiger partial charge in [0.2, 0.25) is 0 Å². The normalized spacial score (nSPS) is 9.90. The molecule has 0 amide bonds. The van der Waals surface area contributed by atoms with E-state index in [-0.39, 0.29) is 0 Å². The Morgan fingerprint density at radius 1 is 1.35 bits per heavy atom. The van der Waals surface area contributed by atoms with Gasteiger partial charge < -0.3 is 10.3 Å². The third-order valence-corrected chi connectivity index (χ3v) is 2.86.